The summed E-state index contributed by atoms with van der Waals surface area (Å²) < 4.78 is 0. The first-order valence-corrected chi connectivity index (χ1v) is 8.42. The molecule has 2 aliphatic carbocycles. The molecule has 0 heterocycles. The van der Waals surface area contributed by atoms with Crippen molar-refractivity contribution in [2.24, 2.45) is 0 Å². The number of hydrogen-bond donors (Lipinski definition) is 2. The molecule has 2 aromatic carbocycles. The average Bonchev–Trinajstić information content (AvgIpc) is 3.43. The molecule has 2 nitrogen and oxygen atoms in total. The van der Waals surface area contributed by atoms with E-state index in [0.717, 1.165) is 22.3 Å². The summed E-state index contributed by atoms with van der Waals surface area (Å²) in [4.78, 5) is 0. The second-order valence-electron chi connectivity index (χ2n) is 5.78. The van der Waals surface area contributed by atoms with E-state index in [4.69, 9.17) is 0 Å². The maximum atomic E-state index is 9.80. The summed E-state index contributed by atoms with van der Waals surface area (Å²) >= 11 is 0. The Kier molecular flexibility index (Phi) is 7.79. The molecule has 2 aromatic rings. The molecule has 4 rings (SSSR count). The van der Waals surface area contributed by atoms with E-state index in [2.05, 4.69) is 0 Å². The summed E-state index contributed by atoms with van der Waals surface area (Å²) in [5, 5.41) is 19.6. The maximum Gasteiger partial charge on any atom is 0.130 e. The van der Waals surface area contributed by atoms with Gasteiger partial charge in [0.15, 0.2) is 0 Å². The van der Waals surface area contributed by atoms with E-state index in [9.17, 15) is 10.2 Å². The van der Waals surface area contributed by atoms with Crippen molar-refractivity contribution in [2.45, 2.75) is 0 Å². The largest absolute Gasteiger partial charge is 0.507 e. The molecule has 0 saturated carbocycles. The van der Waals surface area contributed by atoms with Crippen LogP contribution in [0.15, 0.2) is 120 Å². The van der Waals surface area contributed by atoms with Gasteiger partial charge in [-0.2, -0.15) is 0 Å². The molecule has 3 heteroatoms. The Balaban J connectivity index is 0.000000187. The van der Waals surface area contributed by atoms with Crippen LogP contribution in [0.2, 0.25) is 0 Å². The predicted molar refractivity (Wildman–Crippen MR) is 109 cm³/mol. The van der Waals surface area contributed by atoms with Gasteiger partial charge < -0.3 is 10.2 Å². The number of aliphatic hydroxyl groups excluding tert-OH is 2. The third-order valence-corrected chi connectivity index (χ3v) is 3.97. The molecule has 0 unspecified atom stereocenters. The number of allylic oxidation sites excluding steroid dienone is 10. The van der Waals surface area contributed by atoms with Gasteiger partial charge in [-0.05, 0) is 0 Å². The van der Waals surface area contributed by atoms with Crippen molar-refractivity contribution in [2.75, 3.05) is 0 Å². The molecular formula is C24H20O2Ru. The van der Waals surface area contributed by atoms with Crippen LogP contribution in [0.4, 0.5) is 0 Å². The minimum atomic E-state index is 0. The van der Waals surface area contributed by atoms with Crippen molar-refractivity contribution in [3.63, 3.8) is 0 Å². The monoisotopic (exact) mass is 442 g/mol. The van der Waals surface area contributed by atoms with Gasteiger partial charge in [-0.1, -0.05) is 109 Å². The third kappa shape index (κ3) is 5.54. The van der Waals surface area contributed by atoms with Crippen molar-refractivity contribution >= 4 is 11.5 Å². The molecule has 2 aliphatic rings. The Bertz CT molecular complexity index is 823. The van der Waals surface area contributed by atoms with Crippen LogP contribution in [-0.2, 0) is 19.5 Å². The molecule has 0 aromatic heterocycles. The molecule has 136 valence electrons. The van der Waals surface area contributed by atoms with Crippen LogP contribution in [-0.4, -0.2) is 10.2 Å². The summed E-state index contributed by atoms with van der Waals surface area (Å²) in [5.41, 5.74) is 3.44. The minimum absolute atomic E-state index is 0. The zero-order valence-corrected chi connectivity index (χ0v) is 16.4. The Morgan fingerprint density at radius 1 is 0.481 bits per heavy atom. The first-order valence-electron chi connectivity index (χ1n) is 8.42. The third-order valence-electron chi connectivity index (χ3n) is 3.97. The van der Waals surface area contributed by atoms with E-state index in [-0.39, 0.29) is 19.5 Å². The fourth-order valence-corrected chi connectivity index (χ4v) is 2.59. The van der Waals surface area contributed by atoms with Gasteiger partial charge in [0.25, 0.3) is 0 Å². The van der Waals surface area contributed by atoms with Crippen LogP contribution >= 0.6 is 0 Å². The molecule has 0 radical (unpaired) electrons. The fourth-order valence-electron chi connectivity index (χ4n) is 2.59. The first kappa shape index (κ1) is 20.4. The fraction of sp³-hybridized carbons (Fsp3) is 0. The van der Waals surface area contributed by atoms with Gasteiger partial charge in [0.1, 0.15) is 11.5 Å². The maximum absolute atomic E-state index is 9.80. The molecule has 2 N–H and O–H groups in total. The van der Waals surface area contributed by atoms with Gasteiger partial charge in [-0.25, -0.2) is 0 Å². The van der Waals surface area contributed by atoms with Crippen LogP contribution in [0.3, 0.4) is 0 Å². The molecular weight excluding hydrogens is 421 g/mol. The van der Waals surface area contributed by atoms with E-state index in [1.165, 1.54) is 0 Å². The Morgan fingerprint density at radius 2 is 0.778 bits per heavy atom. The van der Waals surface area contributed by atoms with E-state index in [0.29, 0.717) is 11.5 Å². The van der Waals surface area contributed by atoms with E-state index >= 15 is 0 Å². The number of rotatable bonds is 2. The molecule has 0 bridgehead atoms. The molecule has 0 atom stereocenters. The summed E-state index contributed by atoms with van der Waals surface area (Å²) in [7, 11) is 0. The van der Waals surface area contributed by atoms with Crippen molar-refractivity contribution in [3.05, 3.63) is 132 Å². The van der Waals surface area contributed by atoms with E-state index < -0.39 is 0 Å². The van der Waals surface area contributed by atoms with Crippen molar-refractivity contribution in [3.8, 4) is 0 Å². The van der Waals surface area contributed by atoms with Gasteiger partial charge >= 0.3 is 0 Å². The average molecular weight is 441 g/mol. The van der Waals surface area contributed by atoms with Crippen LogP contribution in [0, 0.1) is 0 Å². The van der Waals surface area contributed by atoms with Gasteiger partial charge in [0, 0.05) is 41.8 Å². The van der Waals surface area contributed by atoms with E-state index in [1.54, 1.807) is 0 Å². The Hall–Kier alpha value is -2.90. The topological polar surface area (TPSA) is 40.5 Å². The SMILES string of the molecule is OC(=C1C=CC=C1)c1ccccc1.OC(=C1C=CC=C1)c1ccccc1.[Ru]. The zero-order chi connectivity index (χ0) is 18.2. The van der Waals surface area contributed by atoms with Crippen molar-refractivity contribution in [1.82, 2.24) is 0 Å². The normalized spacial score (nSPS) is 13.2. The predicted octanol–water partition coefficient (Wildman–Crippen LogP) is 6.16. The molecule has 0 saturated heterocycles. The first-order chi connectivity index (χ1) is 12.8. The van der Waals surface area contributed by atoms with Crippen LogP contribution in [0.1, 0.15) is 11.1 Å². The molecule has 0 aliphatic heterocycles. The van der Waals surface area contributed by atoms with Crippen molar-refractivity contribution < 1.29 is 29.7 Å². The molecule has 0 spiro atoms. The van der Waals surface area contributed by atoms with Crippen molar-refractivity contribution in [1.29, 1.82) is 0 Å². The number of hydrogen-bond acceptors (Lipinski definition) is 2. The summed E-state index contributed by atoms with van der Waals surface area (Å²) in [6.45, 7) is 0. The second kappa shape index (κ2) is 10.3. The Labute approximate surface area is 172 Å². The minimum Gasteiger partial charge on any atom is -0.507 e. The summed E-state index contributed by atoms with van der Waals surface area (Å²) in [5.74, 6) is 0.677. The van der Waals surface area contributed by atoms with Gasteiger partial charge in [0.05, 0.1) is 0 Å². The summed E-state index contributed by atoms with van der Waals surface area (Å²) in [6.07, 6.45) is 15.2. The molecule has 0 fully saturated rings. The van der Waals surface area contributed by atoms with E-state index in [1.807, 2.05) is 109 Å². The summed E-state index contributed by atoms with van der Waals surface area (Å²) in [6, 6.07) is 19.1. The molecule has 0 amide bonds. The van der Waals surface area contributed by atoms with Gasteiger partial charge in [-0.15, -0.1) is 0 Å². The number of aliphatic hydroxyl groups is 2. The van der Waals surface area contributed by atoms with Crippen LogP contribution < -0.4 is 0 Å². The second-order valence-corrected chi connectivity index (χ2v) is 5.78. The van der Waals surface area contributed by atoms with Crippen LogP contribution in [0.25, 0.3) is 11.5 Å². The van der Waals surface area contributed by atoms with Crippen LogP contribution in [0.5, 0.6) is 0 Å². The van der Waals surface area contributed by atoms with Gasteiger partial charge in [-0.3, -0.25) is 0 Å². The Morgan fingerprint density at radius 3 is 1.07 bits per heavy atom. The smallest absolute Gasteiger partial charge is 0.130 e. The standard InChI is InChI=1S/2C12H10O.Ru/c2*13-12(11-8-4-5-9-11)10-6-2-1-3-7-10;/h2*1-9,13H;. The van der Waals surface area contributed by atoms with Gasteiger partial charge in [0.2, 0.25) is 0 Å². The molecule has 27 heavy (non-hydrogen) atoms. The quantitative estimate of drug-likeness (QED) is 0.433. The number of benzene rings is 2. The zero-order valence-electron chi connectivity index (χ0n) is 14.6.